The topological polar surface area (TPSA) is 55.6 Å². The number of hydrogen-bond acceptors (Lipinski definition) is 4. The van der Waals surface area contributed by atoms with Crippen molar-refractivity contribution in [2.24, 2.45) is 0 Å². The molecule has 1 saturated carbocycles. The van der Waals surface area contributed by atoms with Crippen LogP contribution in [0.15, 0.2) is 18.6 Å². The summed E-state index contributed by atoms with van der Waals surface area (Å²) in [5, 5.41) is 3.12. The van der Waals surface area contributed by atoms with Gasteiger partial charge in [-0.15, -0.1) is 0 Å². The van der Waals surface area contributed by atoms with E-state index in [1.54, 1.807) is 0 Å². The maximum Gasteiger partial charge on any atom is 0.180 e. The Bertz CT molecular complexity index is 583. The van der Waals surface area contributed by atoms with Gasteiger partial charge in [-0.3, -0.25) is 0 Å². The second-order valence-electron chi connectivity index (χ2n) is 5.31. The number of nitrogens with one attached hydrogen (secondary N) is 1. The largest absolute Gasteiger partial charge is 0.373 e. The highest BCUT2D eigenvalue weighted by molar-refractivity contribution is 5.53. The van der Waals surface area contributed by atoms with Crippen molar-refractivity contribution in [3.63, 3.8) is 0 Å². The van der Waals surface area contributed by atoms with E-state index in [-0.39, 0.29) is 0 Å². The Labute approximate surface area is 113 Å². The molecule has 0 aliphatic heterocycles. The number of nitrogens with zero attached hydrogens (tertiary/aromatic N) is 4. The molecule has 19 heavy (non-hydrogen) atoms. The zero-order chi connectivity index (χ0) is 13.4. The second-order valence-corrected chi connectivity index (χ2v) is 5.31. The van der Waals surface area contributed by atoms with Crippen molar-refractivity contribution in [3.05, 3.63) is 24.3 Å². The van der Waals surface area contributed by atoms with Crippen LogP contribution in [-0.2, 0) is 0 Å². The van der Waals surface area contributed by atoms with Gasteiger partial charge < -0.3 is 9.88 Å². The lowest BCUT2D eigenvalue weighted by molar-refractivity contribution is 0.603. The van der Waals surface area contributed by atoms with Gasteiger partial charge in [0.05, 0.1) is 12.5 Å². The minimum Gasteiger partial charge on any atom is -0.373 e. The summed E-state index contributed by atoms with van der Waals surface area (Å²) in [7, 11) is 1.89. The Hall–Kier alpha value is -1.91. The molecule has 5 heteroatoms. The predicted molar refractivity (Wildman–Crippen MR) is 75.2 cm³/mol. The molecule has 0 unspecified atom stereocenters. The summed E-state index contributed by atoms with van der Waals surface area (Å²) in [5.41, 5.74) is 2.12. The molecule has 0 saturated heterocycles. The van der Waals surface area contributed by atoms with E-state index >= 15 is 0 Å². The fourth-order valence-electron chi connectivity index (χ4n) is 2.19. The van der Waals surface area contributed by atoms with Crippen LogP contribution in [0.5, 0.6) is 0 Å². The van der Waals surface area contributed by atoms with Crippen molar-refractivity contribution < 1.29 is 0 Å². The standard InChI is InChI=1S/C14H19N5/c1-9(2)19-8-16-7-12(19)14-17-11(10-4-5-10)6-13(15-3)18-14/h6-10H,4-5H2,1-3H3,(H,15,17,18). The first kappa shape index (κ1) is 12.1. The molecule has 0 amide bonds. The monoisotopic (exact) mass is 257 g/mol. The summed E-state index contributed by atoms with van der Waals surface area (Å²) in [5.74, 6) is 2.26. The first-order valence-corrected chi connectivity index (χ1v) is 6.78. The predicted octanol–water partition coefficient (Wildman–Crippen LogP) is 2.84. The molecule has 0 spiro atoms. The van der Waals surface area contributed by atoms with E-state index in [9.17, 15) is 0 Å². The highest BCUT2D eigenvalue weighted by Crippen LogP contribution is 2.40. The van der Waals surface area contributed by atoms with Crippen LogP contribution in [0.25, 0.3) is 11.5 Å². The van der Waals surface area contributed by atoms with Crippen LogP contribution >= 0.6 is 0 Å². The van der Waals surface area contributed by atoms with Crippen LogP contribution in [-0.4, -0.2) is 26.6 Å². The fraction of sp³-hybridized carbons (Fsp3) is 0.500. The molecule has 2 aromatic heterocycles. The molecule has 5 nitrogen and oxygen atoms in total. The summed E-state index contributed by atoms with van der Waals surface area (Å²) < 4.78 is 2.10. The van der Waals surface area contributed by atoms with Gasteiger partial charge in [-0.2, -0.15) is 0 Å². The zero-order valence-electron chi connectivity index (χ0n) is 11.6. The summed E-state index contributed by atoms with van der Waals surface area (Å²) >= 11 is 0. The Morgan fingerprint density at radius 2 is 2.11 bits per heavy atom. The number of aromatic nitrogens is 4. The minimum absolute atomic E-state index is 0.351. The van der Waals surface area contributed by atoms with Crippen molar-refractivity contribution in [2.45, 2.75) is 38.6 Å². The number of anilines is 1. The lowest BCUT2D eigenvalue weighted by Crippen LogP contribution is -2.06. The molecule has 1 aliphatic carbocycles. The van der Waals surface area contributed by atoms with E-state index in [1.807, 2.05) is 19.6 Å². The third kappa shape index (κ3) is 2.32. The molecule has 0 atom stereocenters. The molecule has 1 fully saturated rings. The lowest BCUT2D eigenvalue weighted by atomic mass is 10.2. The maximum atomic E-state index is 4.72. The van der Waals surface area contributed by atoms with Crippen LogP contribution in [0.1, 0.15) is 44.3 Å². The van der Waals surface area contributed by atoms with E-state index in [2.05, 4.69) is 39.8 Å². The zero-order valence-corrected chi connectivity index (χ0v) is 11.6. The third-order valence-corrected chi connectivity index (χ3v) is 3.45. The van der Waals surface area contributed by atoms with Crippen molar-refractivity contribution in [1.82, 2.24) is 19.5 Å². The SMILES string of the molecule is CNc1cc(C2CC2)nc(-c2cncn2C(C)C)n1. The van der Waals surface area contributed by atoms with E-state index in [4.69, 9.17) is 4.98 Å². The van der Waals surface area contributed by atoms with Crippen molar-refractivity contribution in [2.75, 3.05) is 12.4 Å². The molecule has 3 rings (SSSR count). The molecule has 1 aliphatic rings. The molecule has 100 valence electrons. The normalized spacial score (nSPS) is 14.9. The number of rotatable bonds is 4. The molecule has 2 heterocycles. The van der Waals surface area contributed by atoms with Gasteiger partial charge in [0.15, 0.2) is 5.82 Å². The second kappa shape index (κ2) is 4.64. The molecule has 0 aromatic carbocycles. The smallest absolute Gasteiger partial charge is 0.180 e. The summed E-state index contributed by atoms with van der Waals surface area (Å²) in [6.07, 6.45) is 6.16. The van der Waals surface area contributed by atoms with Gasteiger partial charge >= 0.3 is 0 Å². The Morgan fingerprint density at radius 3 is 2.74 bits per heavy atom. The van der Waals surface area contributed by atoms with Gasteiger partial charge in [0.25, 0.3) is 0 Å². The van der Waals surface area contributed by atoms with E-state index in [1.165, 1.54) is 12.8 Å². The molecule has 0 radical (unpaired) electrons. The minimum atomic E-state index is 0.351. The first-order chi connectivity index (χ1) is 9.19. The van der Waals surface area contributed by atoms with Gasteiger partial charge in [-0.1, -0.05) is 0 Å². The molecule has 1 N–H and O–H groups in total. The van der Waals surface area contributed by atoms with Crippen molar-refractivity contribution in [3.8, 4) is 11.5 Å². The molecule has 2 aromatic rings. The van der Waals surface area contributed by atoms with E-state index in [0.717, 1.165) is 23.0 Å². The van der Waals surface area contributed by atoms with Crippen molar-refractivity contribution >= 4 is 5.82 Å². The van der Waals surface area contributed by atoms with Crippen LogP contribution in [0.2, 0.25) is 0 Å². The lowest BCUT2D eigenvalue weighted by Gasteiger charge is -2.12. The Kier molecular flexibility index (Phi) is 2.97. The summed E-state index contributed by atoms with van der Waals surface area (Å²) in [6.45, 7) is 4.27. The first-order valence-electron chi connectivity index (χ1n) is 6.78. The quantitative estimate of drug-likeness (QED) is 0.915. The van der Waals surface area contributed by atoms with Crippen LogP contribution < -0.4 is 5.32 Å². The van der Waals surface area contributed by atoms with Gasteiger partial charge in [-0.05, 0) is 26.7 Å². The van der Waals surface area contributed by atoms with Gasteiger partial charge in [0, 0.05) is 30.8 Å². The maximum absolute atomic E-state index is 4.72. The van der Waals surface area contributed by atoms with Crippen molar-refractivity contribution in [1.29, 1.82) is 0 Å². The van der Waals surface area contributed by atoms with Gasteiger partial charge in [-0.25, -0.2) is 15.0 Å². The summed E-state index contributed by atoms with van der Waals surface area (Å²) in [6, 6.07) is 2.40. The molecular weight excluding hydrogens is 238 g/mol. The Balaban J connectivity index is 2.07. The van der Waals surface area contributed by atoms with Crippen LogP contribution in [0.4, 0.5) is 5.82 Å². The van der Waals surface area contributed by atoms with Crippen LogP contribution in [0.3, 0.4) is 0 Å². The van der Waals surface area contributed by atoms with E-state index < -0.39 is 0 Å². The average molecular weight is 257 g/mol. The Morgan fingerprint density at radius 1 is 1.32 bits per heavy atom. The van der Waals surface area contributed by atoms with Crippen LogP contribution in [0, 0.1) is 0 Å². The number of hydrogen-bond donors (Lipinski definition) is 1. The fourth-order valence-corrected chi connectivity index (χ4v) is 2.19. The molecule has 0 bridgehead atoms. The highest BCUT2D eigenvalue weighted by Gasteiger charge is 2.26. The average Bonchev–Trinajstić information content (AvgIpc) is 3.14. The third-order valence-electron chi connectivity index (χ3n) is 3.45. The van der Waals surface area contributed by atoms with E-state index in [0.29, 0.717) is 12.0 Å². The summed E-state index contributed by atoms with van der Waals surface area (Å²) in [4.78, 5) is 13.5. The van der Waals surface area contributed by atoms with Gasteiger partial charge in [0.2, 0.25) is 0 Å². The highest BCUT2D eigenvalue weighted by atomic mass is 15.1. The molecular formula is C14H19N5. The van der Waals surface area contributed by atoms with Gasteiger partial charge in [0.1, 0.15) is 11.5 Å². The number of imidazole rings is 1.